The summed E-state index contributed by atoms with van der Waals surface area (Å²) in [5.41, 5.74) is 1.70. The van der Waals surface area contributed by atoms with E-state index in [-0.39, 0.29) is 49.0 Å². The molecule has 0 aromatic carbocycles. The third-order valence-electron chi connectivity index (χ3n) is 12.9. The predicted molar refractivity (Wildman–Crippen MR) is 206 cm³/mol. The summed E-state index contributed by atoms with van der Waals surface area (Å²) in [6.07, 6.45) is 5.07. The molecule has 1 amide bonds. The number of hydrogen-bond acceptors (Lipinski definition) is 11. The molecule has 312 valence electrons. The highest BCUT2D eigenvalue weighted by atomic mass is 16.7. The fourth-order valence-corrected chi connectivity index (χ4v) is 9.54. The van der Waals surface area contributed by atoms with Gasteiger partial charge in [0.05, 0.1) is 30.5 Å². The van der Waals surface area contributed by atoms with Gasteiger partial charge < -0.3 is 39.2 Å². The van der Waals surface area contributed by atoms with Crippen LogP contribution in [0.1, 0.15) is 119 Å². The quantitative estimate of drug-likeness (QED) is 0.193. The Labute approximate surface area is 328 Å². The molecule has 12 heteroatoms. The van der Waals surface area contributed by atoms with Crippen LogP contribution in [0, 0.1) is 35.5 Å². The van der Waals surface area contributed by atoms with Crippen LogP contribution in [0.4, 0.5) is 0 Å². The number of esters is 1. The normalized spacial score (nSPS) is 42.1. The highest BCUT2D eigenvalue weighted by Crippen LogP contribution is 2.40. The van der Waals surface area contributed by atoms with Crippen LogP contribution in [0.5, 0.6) is 0 Å². The molecule has 1 saturated carbocycles. The first-order valence-electron chi connectivity index (χ1n) is 20.7. The fraction of sp³-hybridized carbons (Fsp3) is 0.814. The van der Waals surface area contributed by atoms with Crippen molar-refractivity contribution in [3.63, 3.8) is 0 Å². The fourth-order valence-electron chi connectivity index (χ4n) is 9.54. The molecule has 2 saturated heterocycles. The lowest BCUT2D eigenvalue weighted by Gasteiger charge is -2.46. The van der Waals surface area contributed by atoms with Crippen LogP contribution < -0.4 is 0 Å². The molecule has 1 aliphatic carbocycles. The van der Waals surface area contributed by atoms with Gasteiger partial charge in [0.25, 0.3) is 11.7 Å². The summed E-state index contributed by atoms with van der Waals surface area (Å²) in [4.78, 5) is 57.5. The van der Waals surface area contributed by atoms with Crippen molar-refractivity contribution < 1.29 is 53.4 Å². The molecule has 0 radical (unpaired) electrons. The van der Waals surface area contributed by atoms with Crippen molar-refractivity contribution in [1.29, 1.82) is 0 Å². The number of piperidine rings is 1. The number of carbonyl (C=O) groups is 4. The number of Topliss-reactive ketones (excluding diaryl/α,β-unsaturated/α-hetero) is 2. The maximum absolute atomic E-state index is 14.3. The highest BCUT2D eigenvalue weighted by molar-refractivity contribution is 6.39. The molecule has 2 bridgehead atoms. The van der Waals surface area contributed by atoms with Gasteiger partial charge >= 0.3 is 5.97 Å². The van der Waals surface area contributed by atoms with E-state index in [0.717, 1.165) is 5.57 Å². The van der Waals surface area contributed by atoms with Crippen molar-refractivity contribution in [2.75, 3.05) is 20.8 Å². The van der Waals surface area contributed by atoms with Crippen LogP contribution in [0.2, 0.25) is 0 Å². The third-order valence-corrected chi connectivity index (χ3v) is 12.9. The summed E-state index contributed by atoms with van der Waals surface area (Å²) in [7, 11) is 3.14. The standard InChI is InChI=1S/C43H69NO11/c1-10-31-18-24(2)17-25(3)19-37(53-9)39-26(4)20-28(6)43(51,55-39)40(48)41(49)44-16-12-11-13-32(44)42(50)54-38(29(7)34(46)23-35(31)47)27(5)21-30-14-15-33(45)36(22-30)52-8/h18,21,25-26,28-34,36-39,45-46,51H,10-17,19-20,22-23H2,1-9H3/b24-18-,27-21+/t25-,26-,28+,29+,30-,31+,32-,33+,34-,36+,37-,38+,39-,43+/m0/s1. The number of allylic oxidation sites excluding steroid dienone is 3. The van der Waals surface area contributed by atoms with Gasteiger partial charge in [-0.25, -0.2) is 4.79 Å². The minimum absolute atomic E-state index is 0.0102. The second-order valence-electron chi connectivity index (χ2n) is 17.4. The first-order valence-corrected chi connectivity index (χ1v) is 20.7. The number of methoxy groups -OCH3 is 2. The minimum atomic E-state index is -2.42. The lowest BCUT2D eigenvalue weighted by atomic mass is 9.78. The predicted octanol–water partition coefficient (Wildman–Crippen LogP) is 5.09. The number of aliphatic hydroxyl groups is 3. The number of aliphatic hydroxyl groups excluding tert-OH is 2. The van der Waals surface area contributed by atoms with Crippen molar-refractivity contribution in [1.82, 2.24) is 4.90 Å². The average molecular weight is 776 g/mol. The Kier molecular flexibility index (Phi) is 16.3. The molecule has 4 aliphatic rings. The minimum Gasteiger partial charge on any atom is -0.456 e. The molecule has 14 atom stereocenters. The molecule has 0 unspecified atom stereocenters. The van der Waals surface area contributed by atoms with E-state index in [4.69, 9.17) is 18.9 Å². The number of nitrogens with zero attached hydrogens (tertiary/aromatic N) is 1. The second kappa shape index (κ2) is 19.8. The van der Waals surface area contributed by atoms with Gasteiger partial charge in [0.1, 0.15) is 17.9 Å². The van der Waals surface area contributed by atoms with Crippen molar-refractivity contribution in [2.24, 2.45) is 35.5 Å². The average Bonchev–Trinajstić information content (AvgIpc) is 3.15. The van der Waals surface area contributed by atoms with Gasteiger partial charge in [0.15, 0.2) is 0 Å². The Morgan fingerprint density at radius 2 is 1.64 bits per heavy atom. The molecule has 0 spiro atoms. The Balaban J connectivity index is 1.75. The topological polar surface area (TPSA) is 169 Å². The monoisotopic (exact) mass is 775 g/mol. The molecule has 55 heavy (non-hydrogen) atoms. The summed E-state index contributed by atoms with van der Waals surface area (Å²) in [5, 5.41) is 34.0. The number of carbonyl (C=O) groups excluding carboxylic acids is 4. The van der Waals surface area contributed by atoms with Crippen LogP contribution in [0.25, 0.3) is 0 Å². The van der Waals surface area contributed by atoms with E-state index in [1.807, 2.05) is 39.8 Å². The maximum atomic E-state index is 14.3. The number of ketones is 2. The maximum Gasteiger partial charge on any atom is 0.329 e. The van der Waals surface area contributed by atoms with E-state index in [9.17, 15) is 34.5 Å². The summed E-state index contributed by atoms with van der Waals surface area (Å²) >= 11 is 0. The lowest BCUT2D eigenvalue weighted by Crippen LogP contribution is -2.63. The molecule has 0 aromatic heterocycles. The summed E-state index contributed by atoms with van der Waals surface area (Å²) in [6.45, 7) is 13.4. The van der Waals surface area contributed by atoms with Crippen molar-refractivity contribution in [3.05, 3.63) is 23.3 Å². The van der Waals surface area contributed by atoms with Crippen LogP contribution in [-0.2, 0) is 38.1 Å². The molecule has 4 rings (SSSR count). The molecular formula is C43H69NO11. The van der Waals surface area contributed by atoms with Crippen molar-refractivity contribution >= 4 is 23.4 Å². The number of fused-ring (bicyclic) bond motifs is 3. The van der Waals surface area contributed by atoms with E-state index in [0.29, 0.717) is 63.4 Å². The van der Waals surface area contributed by atoms with Gasteiger partial charge in [-0.05, 0) is 101 Å². The van der Waals surface area contributed by atoms with E-state index in [1.54, 1.807) is 28.1 Å². The number of ether oxygens (including phenoxy) is 4. The molecular weight excluding hydrogens is 706 g/mol. The Hall–Kier alpha value is -2.48. The van der Waals surface area contributed by atoms with Crippen LogP contribution >= 0.6 is 0 Å². The SMILES string of the molecule is CC[C@@H]1/C=C(/C)C[C@H](C)C[C@H](OC)[C@H]2O[C@@](O)(C(=O)C(=O)N3CCCC[C@H]3C(=O)O[C@H](/C(C)=C/[C@@H]3CC[C@@H](O)[C@H](OC)C3)[C@H](C)[C@@H](O)CC1=O)[C@H](C)C[C@@H]2C. The summed E-state index contributed by atoms with van der Waals surface area (Å²) in [5.74, 6) is -7.17. The van der Waals surface area contributed by atoms with Crippen LogP contribution in [-0.4, -0.2) is 113 Å². The molecule has 3 N–H and O–H groups in total. The molecule has 3 fully saturated rings. The van der Waals surface area contributed by atoms with E-state index in [1.165, 1.54) is 4.90 Å². The van der Waals surface area contributed by atoms with Gasteiger partial charge in [-0.1, -0.05) is 52.3 Å². The Morgan fingerprint density at radius 1 is 0.945 bits per heavy atom. The Morgan fingerprint density at radius 3 is 2.29 bits per heavy atom. The van der Waals surface area contributed by atoms with Gasteiger partial charge in [0.2, 0.25) is 5.79 Å². The van der Waals surface area contributed by atoms with Crippen LogP contribution in [0.3, 0.4) is 0 Å². The van der Waals surface area contributed by atoms with E-state index >= 15 is 0 Å². The van der Waals surface area contributed by atoms with Gasteiger partial charge in [0, 0.05) is 44.9 Å². The summed E-state index contributed by atoms with van der Waals surface area (Å²) < 4.78 is 24.0. The van der Waals surface area contributed by atoms with Crippen molar-refractivity contribution in [2.45, 2.75) is 168 Å². The van der Waals surface area contributed by atoms with E-state index in [2.05, 4.69) is 6.92 Å². The number of cyclic esters (lactones) is 1. The third kappa shape index (κ3) is 10.7. The smallest absolute Gasteiger partial charge is 0.329 e. The van der Waals surface area contributed by atoms with E-state index < -0.39 is 77.8 Å². The Bertz CT molecular complexity index is 1410. The number of amides is 1. The van der Waals surface area contributed by atoms with Gasteiger partial charge in [-0.15, -0.1) is 0 Å². The number of hydrogen-bond donors (Lipinski definition) is 3. The zero-order chi connectivity index (χ0) is 40.8. The first-order chi connectivity index (χ1) is 25.9. The molecule has 3 heterocycles. The van der Waals surface area contributed by atoms with Gasteiger partial charge in [-0.2, -0.15) is 0 Å². The zero-order valence-electron chi connectivity index (χ0n) is 34.7. The van der Waals surface area contributed by atoms with Gasteiger partial charge in [-0.3, -0.25) is 14.4 Å². The zero-order valence-corrected chi connectivity index (χ0v) is 34.7. The lowest BCUT2D eigenvalue weighted by molar-refractivity contribution is -0.290. The largest absolute Gasteiger partial charge is 0.456 e. The molecule has 3 aliphatic heterocycles. The number of rotatable bonds is 5. The second-order valence-corrected chi connectivity index (χ2v) is 17.4. The van der Waals surface area contributed by atoms with Crippen LogP contribution in [0.15, 0.2) is 23.3 Å². The molecule has 12 nitrogen and oxygen atoms in total. The first kappa shape index (κ1) is 45.2. The summed E-state index contributed by atoms with van der Waals surface area (Å²) in [6, 6.07) is -1.11. The highest BCUT2D eigenvalue weighted by Gasteiger charge is 2.55. The van der Waals surface area contributed by atoms with Crippen molar-refractivity contribution in [3.8, 4) is 0 Å². The molecule has 0 aromatic rings.